The standard InChI is InChI=1S/C26H23Cl2NO3/c1-14-13-25(2,3)29-19-9-8-18-23-20(31-4)6-5-7-21(23)32-26(30,24(18)22(14)19)15-10-16(27)12-17(28)11-15/h5-13,29-30H,1-4H3. The number of fused-ring (bicyclic) bond motifs is 5. The van der Waals surface area contributed by atoms with Gasteiger partial charge in [-0.3, -0.25) is 0 Å². The largest absolute Gasteiger partial charge is 0.496 e. The van der Waals surface area contributed by atoms with Crippen LogP contribution in [0.1, 0.15) is 37.5 Å². The van der Waals surface area contributed by atoms with Crippen molar-refractivity contribution in [3.63, 3.8) is 0 Å². The van der Waals surface area contributed by atoms with Crippen molar-refractivity contribution in [3.05, 3.63) is 81.3 Å². The van der Waals surface area contributed by atoms with Crippen LogP contribution in [0.4, 0.5) is 5.69 Å². The molecule has 0 aromatic heterocycles. The van der Waals surface area contributed by atoms with Crippen LogP contribution in [-0.4, -0.2) is 17.8 Å². The van der Waals surface area contributed by atoms with Crippen LogP contribution in [0.5, 0.6) is 11.5 Å². The van der Waals surface area contributed by atoms with Crippen LogP contribution in [0.25, 0.3) is 16.7 Å². The van der Waals surface area contributed by atoms with E-state index in [1.165, 1.54) is 0 Å². The number of anilines is 1. The third-order valence-corrected chi connectivity index (χ3v) is 6.40. The summed E-state index contributed by atoms with van der Waals surface area (Å²) in [6.45, 7) is 6.26. The fraction of sp³-hybridized carbons (Fsp3) is 0.231. The highest BCUT2D eigenvalue weighted by atomic mass is 35.5. The molecule has 0 amide bonds. The number of hydrogen-bond donors (Lipinski definition) is 2. The number of methoxy groups -OCH3 is 1. The normalized spacial score (nSPS) is 20.2. The van der Waals surface area contributed by atoms with Crippen LogP contribution in [0.15, 0.2) is 54.6 Å². The van der Waals surface area contributed by atoms with Crippen LogP contribution in [0.2, 0.25) is 10.0 Å². The van der Waals surface area contributed by atoms with Crippen LogP contribution in [0.3, 0.4) is 0 Å². The molecule has 0 radical (unpaired) electrons. The first-order chi connectivity index (χ1) is 15.1. The summed E-state index contributed by atoms with van der Waals surface area (Å²) >= 11 is 12.6. The summed E-state index contributed by atoms with van der Waals surface area (Å²) < 4.78 is 12.0. The monoisotopic (exact) mass is 467 g/mol. The summed E-state index contributed by atoms with van der Waals surface area (Å²) in [5.74, 6) is -0.630. The lowest BCUT2D eigenvalue weighted by molar-refractivity contribution is -0.110. The molecule has 0 saturated heterocycles. The van der Waals surface area contributed by atoms with Gasteiger partial charge in [0.1, 0.15) is 11.5 Å². The third kappa shape index (κ3) is 3.17. The first-order valence-electron chi connectivity index (χ1n) is 10.3. The highest BCUT2D eigenvalue weighted by Crippen LogP contribution is 2.55. The van der Waals surface area contributed by atoms with E-state index >= 15 is 0 Å². The first kappa shape index (κ1) is 21.2. The summed E-state index contributed by atoms with van der Waals surface area (Å²) in [5.41, 5.74) is 5.32. The molecule has 1 atom stereocenters. The van der Waals surface area contributed by atoms with E-state index in [1.54, 1.807) is 25.3 Å². The minimum atomic E-state index is -1.81. The van der Waals surface area contributed by atoms with Gasteiger partial charge in [-0.05, 0) is 62.7 Å². The molecular weight excluding hydrogens is 445 g/mol. The number of halogens is 2. The first-order valence-corrected chi connectivity index (χ1v) is 11.1. The van der Waals surface area contributed by atoms with E-state index in [1.807, 2.05) is 37.3 Å². The van der Waals surface area contributed by atoms with E-state index in [9.17, 15) is 5.11 Å². The number of rotatable bonds is 2. The lowest BCUT2D eigenvalue weighted by Gasteiger charge is -2.41. The number of hydrogen-bond acceptors (Lipinski definition) is 4. The van der Waals surface area contributed by atoms with Crippen molar-refractivity contribution in [3.8, 4) is 22.6 Å². The molecular formula is C26H23Cl2NO3. The fourth-order valence-electron chi connectivity index (χ4n) is 4.87. The Morgan fingerprint density at radius 2 is 1.72 bits per heavy atom. The molecule has 0 fully saturated rings. The molecule has 0 saturated carbocycles. The molecule has 6 heteroatoms. The third-order valence-electron chi connectivity index (χ3n) is 5.96. The Morgan fingerprint density at radius 3 is 2.41 bits per heavy atom. The van der Waals surface area contributed by atoms with Gasteiger partial charge in [-0.2, -0.15) is 0 Å². The molecule has 32 heavy (non-hydrogen) atoms. The Balaban J connectivity index is 1.90. The number of benzene rings is 3. The van der Waals surface area contributed by atoms with Crippen molar-refractivity contribution < 1.29 is 14.6 Å². The molecule has 0 bridgehead atoms. The fourth-order valence-corrected chi connectivity index (χ4v) is 5.39. The maximum atomic E-state index is 12.2. The Labute approximate surface area is 197 Å². The molecule has 3 aromatic carbocycles. The van der Waals surface area contributed by atoms with Gasteiger partial charge in [-0.25, -0.2) is 0 Å². The smallest absolute Gasteiger partial charge is 0.263 e. The maximum Gasteiger partial charge on any atom is 0.263 e. The van der Waals surface area contributed by atoms with Gasteiger partial charge in [-0.15, -0.1) is 0 Å². The van der Waals surface area contributed by atoms with Gasteiger partial charge >= 0.3 is 0 Å². The highest BCUT2D eigenvalue weighted by molar-refractivity contribution is 6.34. The Bertz CT molecular complexity index is 1280. The molecule has 1 unspecified atom stereocenters. The summed E-state index contributed by atoms with van der Waals surface area (Å²) in [6, 6.07) is 14.6. The number of aliphatic hydroxyl groups is 1. The zero-order valence-electron chi connectivity index (χ0n) is 18.2. The number of nitrogens with one attached hydrogen (secondary N) is 1. The lowest BCUT2D eigenvalue weighted by atomic mass is 9.78. The molecule has 2 heterocycles. The summed E-state index contributed by atoms with van der Waals surface area (Å²) in [7, 11) is 1.63. The van der Waals surface area contributed by atoms with Gasteiger partial charge in [0, 0.05) is 38.0 Å². The molecule has 0 aliphatic carbocycles. The van der Waals surface area contributed by atoms with Crippen molar-refractivity contribution in [2.45, 2.75) is 32.1 Å². The minimum absolute atomic E-state index is 0.228. The van der Waals surface area contributed by atoms with Gasteiger partial charge in [0.25, 0.3) is 5.79 Å². The number of ether oxygens (including phenoxy) is 2. The molecule has 2 aliphatic heterocycles. The van der Waals surface area contributed by atoms with Gasteiger partial charge in [0.15, 0.2) is 0 Å². The average molecular weight is 468 g/mol. The predicted octanol–water partition coefficient (Wildman–Crippen LogP) is 6.86. The van der Waals surface area contributed by atoms with E-state index in [-0.39, 0.29) is 5.54 Å². The topological polar surface area (TPSA) is 50.7 Å². The Hall–Kier alpha value is -2.66. The second-order valence-corrected chi connectivity index (χ2v) is 9.70. The molecule has 3 aromatic rings. The van der Waals surface area contributed by atoms with E-state index in [4.69, 9.17) is 32.7 Å². The van der Waals surface area contributed by atoms with Gasteiger partial charge in [0.2, 0.25) is 0 Å². The Morgan fingerprint density at radius 1 is 1.00 bits per heavy atom. The van der Waals surface area contributed by atoms with Crippen molar-refractivity contribution in [1.29, 1.82) is 0 Å². The van der Waals surface area contributed by atoms with E-state index < -0.39 is 5.79 Å². The van der Waals surface area contributed by atoms with E-state index in [0.717, 1.165) is 28.0 Å². The number of allylic oxidation sites excluding steroid dienone is 1. The van der Waals surface area contributed by atoms with Crippen molar-refractivity contribution in [1.82, 2.24) is 0 Å². The molecule has 4 nitrogen and oxygen atoms in total. The van der Waals surface area contributed by atoms with E-state index in [0.29, 0.717) is 32.7 Å². The summed E-state index contributed by atoms with van der Waals surface area (Å²) in [6.07, 6.45) is 2.15. The molecule has 164 valence electrons. The summed E-state index contributed by atoms with van der Waals surface area (Å²) in [4.78, 5) is 0. The summed E-state index contributed by atoms with van der Waals surface area (Å²) in [5, 5.41) is 16.6. The van der Waals surface area contributed by atoms with Crippen molar-refractivity contribution in [2.24, 2.45) is 0 Å². The SMILES string of the molecule is COc1cccc2c1-c1ccc3c(c1C(O)(c1cc(Cl)cc(Cl)c1)O2)C(C)=CC(C)(C)N3. The van der Waals surface area contributed by atoms with Crippen LogP contribution >= 0.6 is 23.2 Å². The highest BCUT2D eigenvalue weighted by Gasteiger charge is 2.46. The quantitative estimate of drug-likeness (QED) is 0.431. The second-order valence-electron chi connectivity index (χ2n) is 8.82. The van der Waals surface area contributed by atoms with E-state index in [2.05, 4.69) is 25.2 Å². The minimum Gasteiger partial charge on any atom is -0.496 e. The Kier molecular flexibility index (Phi) is 4.75. The zero-order chi connectivity index (χ0) is 22.8. The molecule has 2 aliphatic rings. The van der Waals surface area contributed by atoms with Crippen LogP contribution in [0, 0.1) is 0 Å². The zero-order valence-corrected chi connectivity index (χ0v) is 19.7. The van der Waals surface area contributed by atoms with Gasteiger partial charge in [0.05, 0.1) is 18.2 Å². The van der Waals surface area contributed by atoms with Crippen molar-refractivity contribution in [2.75, 3.05) is 12.4 Å². The van der Waals surface area contributed by atoms with Crippen LogP contribution < -0.4 is 14.8 Å². The van der Waals surface area contributed by atoms with Gasteiger partial charge < -0.3 is 19.9 Å². The second kappa shape index (κ2) is 7.17. The van der Waals surface area contributed by atoms with Crippen LogP contribution in [-0.2, 0) is 5.79 Å². The lowest BCUT2D eigenvalue weighted by Crippen LogP contribution is -2.40. The molecule has 5 rings (SSSR count). The van der Waals surface area contributed by atoms with Crippen molar-refractivity contribution >= 4 is 34.5 Å². The average Bonchev–Trinajstić information content (AvgIpc) is 2.71. The molecule has 2 N–H and O–H groups in total. The maximum absolute atomic E-state index is 12.2. The molecule has 0 spiro atoms. The van der Waals surface area contributed by atoms with Gasteiger partial charge in [-0.1, -0.05) is 41.4 Å². The predicted molar refractivity (Wildman–Crippen MR) is 130 cm³/mol.